The van der Waals surface area contributed by atoms with Gasteiger partial charge in [-0.2, -0.15) is 0 Å². The number of nitrogens with zero attached hydrogens (tertiary/aromatic N) is 1. The molecule has 90 valence electrons. The minimum absolute atomic E-state index is 0.729. The van der Waals surface area contributed by atoms with Crippen LogP contribution in [0.15, 0.2) is 0 Å². The maximum atomic E-state index is 5.23. The Kier molecular flexibility index (Phi) is 6.46. The number of rotatable bonds is 4. The molecule has 1 fully saturated rings. The van der Waals surface area contributed by atoms with Crippen molar-refractivity contribution in [3.8, 4) is 0 Å². The van der Waals surface area contributed by atoms with E-state index >= 15 is 0 Å². The molecule has 1 saturated heterocycles. The molecule has 1 unspecified atom stereocenters. The molecule has 0 bridgehead atoms. The van der Waals surface area contributed by atoms with Crippen LogP contribution in [0.5, 0.6) is 0 Å². The molecule has 0 amide bonds. The first kappa shape index (κ1) is 13.7. The van der Waals surface area contributed by atoms with E-state index in [2.05, 4.69) is 41.5 Å². The molecule has 0 aliphatic carbocycles. The second-order valence-corrected chi connectivity index (χ2v) is 6.65. The monoisotopic (exact) mass is 325 g/mol. The summed E-state index contributed by atoms with van der Waals surface area (Å²) in [6, 6.07) is 0.739. The normalized spacial score (nSPS) is 31.2. The predicted molar refractivity (Wildman–Crippen MR) is 73.7 cm³/mol. The number of hydrogen-bond donors (Lipinski definition) is 0. The summed E-state index contributed by atoms with van der Waals surface area (Å²) in [7, 11) is 4.09. The fourth-order valence-electron chi connectivity index (χ4n) is 2.76. The van der Waals surface area contributed by atoms with Gasteiger partial charge in [-0.3, -0.25) is 0 Å². The largest absolute Gasteiger partial charge is 0.385 e. The van der Waals surface area contributed by atoms with Gasteiger partial charge in [-0.25, -0.2) is 0 Å². The van der Waals surface area contributed by atoms with Crippen LogP contribution in [0.3, 0.4) is 0 Å². The van der Waals surface area contributed by atoms with Gasteiger partial charge in [-0.15, -0.1) is 0 Å². The quantitative estimate of drug-likeness (QED) is 0.582. The fourth-order valence-corrected chi connectivity index (χ4v) is 3.89. The number of methoxy groups -OCH3 is 1. The second kappa shape index (κ2) is 7.07. The maximum Gasteiger partial charge on any atom is 0.0465 e. The number of halogens is 1. The molecule has 0 saturated carbocycles. The summed E-state index contributed by atoms with van der Waals surface area (Å²) in [6.07, 6.45) is 5.35. The van der Waals surface area contributed by atoms with Crippen LogP contribution in [0.4, 0.5) is 0 Å². The van der Waals surface area contributed by atoms with Crippen LogP contribution in [0.2, 0.25) is 0 Å². The molecule has 0 aromatic carbocycles. The van der Waals surface area contributed by atoms with Gasteiger partial charge >= 0.3 is 0 Å². The van der Waals surface area contributed by atoms with E-state index in [-0.39, 0.29) is 0 Å². The van der Waals surface area contributed by atoms with E-state index in [1.807, 2.05) is 7.11 Å². The molecule has 2 nitrogen and oxygen atoms in total. The van der Waals surface area contributed by atoms with E-state index in [4.69, 9.17) is 4.74 Å². The molecule has 15 heavy (non-hydrogen) atoms. The van der Waals surface area contributed by atoms with E-state index in [1.54, 1.807) is 0 Å². The highest BCUT2D eigenvalue weighted by Gasteiger charge is 2.30. The highest BCUT2D eigenvalue weighted by molar-refractivity contribution is 14.1. The molecule has 0 spiro atoms. The second-order valence-electron chi connectivity index (χ2n) is 4.69. The Morgan fingerprint density at radius 2 is 2.20 bits per heavy atom. The van der Waals surface area contributed by atoms with Crippen molar-refractivity contribution in [2.75, 3.05) is 27.3 Å². The topological polar surface area (TPSA) is 12.5 Å². The lowest BCUT2D eigenvalue weighted by molar-refractivity contribution is 0.134. The van der Waals surface area contributed by atoms with Crippen molar-refractivity contribution in [2.45, 2.75) is 42.6 Å². The summed E-state index contributed by atoms with van der Waals surface area (Å²) in [5, 5.41) is 0. The van der Waals surface area contributed by atoms with Crippen molar-refractivity contribution in [1.29, 1.82) is 0 Å². The standard InChI is InChI=1S/C12H24INO/c1-10(13)12-11(7-9-15-3)6-4-5-8-14(12)2/h10-12H,4-9H2,1-3H3/t10-,11-,12?/m0/s1. The molecule has 3 atom stereocenters. The first-order valence-electron chi connectivity index (χ1n) is 6.00. The van der Waals surface area contributed by atoms with Crippen LogP contribution in [0, 0.1) is 5.92 Å². The van der Waals surface area contributed by atoms with E-state index < -0.39 is 0 Å². The number of ether oxygens (including phenoxy) is 1. The zero-order chi connectivity index (χ0) is 11.3. The van der Waals surface area contributed by atoms with E-state index in [0.717, 1.165) is 22.5 Å². The molecular formula is C12H24INO. The minimum atomic E-state index is 0.729. The zero-order valence-electron chi connectivity index (χ0n) is 10.2. The molecule has 1 aliphatic heterocycles. The highest BCUT2D eigenvalue weighted by Crippen LogP contribution is 2.29. The van der Waals surface area contributed by atoms with E-state index in [0.29, 0.717) is 0 Å². The Balaban J connectivity index is 2.60. The molecule has 0 radical (unpaired) electrons. The molecule has 0 N–H and O–H groups in total. The lowest BCUT2D eigenvalue weighted by Gasteiger charge is -2.34. The number of hydrogen-bond acceptors (Lipinski definition) is 2. The van der Waals surface area contributed by atoms with Crippen molar-refractivity contribution < 1.29 is 4.74 Å². The zero-order valence-corrected chi connectivity index (χ0v) is 12.4. The van der Waals surface area contributed by atoms with Crippen molar-refractivity contribution in [3.63, 3.8) is 0 Å². The average molecular weight is 325 g/mol. The number of likely N-dealkylation sites (tertiary alicyclic amines) is 1. The smallest absolute Gasteiger partial charge is 0.0465 e. The van der Waals surface area contributed by atoms with Gasteiger partial charge in [0.1, 0.15) is 0 Å². The Morgan fingerprint density at radius 3 is 2.80 bits per heavy atom. The van der Waals surface area contributed by atoms with Crippen LogP contribution in [0.25, 0.3) is 0 Å². The van der Waals surface area contributed by atoms with Crippen LogP contribution >= 0.6 is 22.6 Å². The van der Waals surface area contributed by atoms with E-state index in [1.165, 1.54) is 32.2 Å². The van der Waals surface area contributed by atoms with Gasteiger partial charge < -0.3 is 9.64 Å². The molecule has 1 heterocycles. The van der Waals surface area contributed by atoms with Gasteiger partial charge in [0.15, 0.2) is 0 Å². The van der Waals surface area contributed by atoms with Crippen LogP contribution < -0.4 is 0 Å². The maximum absolute atomic E-state index is 5.23. The first-order valence-corrected chi connectivity index (χ1v) is 7.24. The van der Waals surface area contributed by atoms with Crippen molar-refractivity contribution in [1.82, 2.24) is 4.90 Å². The Morgan fingerprint density at radius 1 is 1.47 bits per heavy atom. The average Bonchev–Trinajstić information content (AvgIpc) is 2.36. The molecule has 0 aromatic heterocycles. The summed E-state index contributed by atoms with van der Waals surface area (Å²) >= 11 is 2.58. The van der Waals surface area contributed by atoms with Gasteiger partial charge in [0.2, 0.25) is 0 Å². The fraction of sp³-hybridized carbons (Fsp3) is 1.00. The molecule has 1 rings (SSSR count). The third-order valence-corrected chi connectivity index (χ3v) is 4.23. The first-order chi connectivity index (χ1) is 7.16. The molecule has 1 aliphatic rings. The third-order valence-electron chi connectivity index (χ3n) is 3.49. The van der Waals surface area contributed by atoms with Gasteiger partial charge in [-0.1, -0.05) is 35.9 Å². The van der Waals surface area contributed by atoms with E-state index in [9.17, 15) is 0 Å². The molecule has 0 aromatic rings. The summed E-state index contributed by atoms with van der Waals surface area (Å²) < 4.78 is 5.96. The van der Waals surface area contributed by atoms with Gasteiger partial charge in [0.05, 0.1) is 0 Å². The van der Waals surface area contributed by atoms with Crippen LogP contribution in [0.1, 0.15) is 32.6 Å². The summed E-state index contributed by atoms with van der Waals surface area (Å²) in [6.45, 7) is 4.52. The SMILES string of the molecule is COCC[C@@H]1CCCCN(C)C1[C@H](C)I. The van der Waals surface area contributed by atoms with Crippen LogP contribution in [-0.2, 0) is 4.74 Å². The molecular weight excluding hydrogens is 301 g/mol. The van der Waals surface area contributed by atoms with Crippen molar-refractivity contribution >= 4 is 22.6 Å². The Labute approximate surface area is 108 Å². The van der Waals surface area contributed by atoms with Crippen molar-refractivity contribution in [3.05, 3.63) is 0 Å². The lowest BCUT2D eigenvalue weighted by Crippen LogP contribution is -2.42. The van der Waals surface area contributed by atoms with Gasteiger partial charge in [0.25, 0.3) is 0 Å². The van der Waals surface area contributed by atoms with Crippen LogP contribution in [-0.4, -0.2) is 42.2 Å². The minimum Gasteiger partial charge on any atom is -0.385 e. The summed E-state index contributed by atoms with van der Waals surface area (Å²) in [4.78, 5) is 2.56. The van der Waals surface area contributed by atoms with Crippen molar-refractivity contribution in [2.24, 2.45) is 5.92 Å². The summed E-state index contributed by atoms with van der Waals surface area (Å²) in [5.41, 5.74) is 0. The summed E-state index contributed by atoms with van der Waals surface area (Å²) in [5.74, 6) is 0.823. The van der Waals surface area contributed by atoms with Gasteiger partial charge in [0, 0.05) is 23.7 Å². The van der Waals surface area contributed by atoms with Gasteiger partial charge in [-0.05, 0) is 38.8 Å². The number of alkyl halides is 1. The predicted octanol–water partition coefficient (Wildman–Crippen LogP) is 2.95. The highest BCUT2D eigenvalue weighted by atomic mass is 127. The Hall–Kier alpha value is 0.650. The lowest BCUT2D eigenvalue weighted by atomic mass is 9.90. The third kappa shape index (κ3) is 4.19. The Bertz CT molecular complexity index is 175. The molecule has 3 heteroatoms.